The molecular weight excluding hydrogens is 308 g/mol. The highest BCUT2D eigenvalue weighted by Crippen LogP contribution is 2.24. The molecule has 2 aromatic carbocycles. The van der Waals surface area contributed by atoms with Gasteiger partial charge in [0.15, 0.2) is 6.29 Å². The highest BCUT2D eigenvalue weighted by molar-refractivity contribution is 5.14. The van der Waals surface area contributed by atoms with E-state index in [0.717, 1.165) is 11.1 Å². The van der Waals surface area contributed by atoms with Crippen molar-refractivity contribution in [1.82, 2.24) is 0 Å². The van der Waals surface area contributed by atoms with Crippen LogP contribution in [0.1, 0.15) is 11.1 Å². The molecule has 0 aromatic heterocycles. The van der Waals surface area contributed by atoms with Crippen LogP contribution >= 0.6 is 0 Å². The van der Waals surface area contributed by atoms with Gasteiger partial charge in [0, 0.05) is 0 Å². The summed E-state index contributed by atoms with van der Waals surface area (Å²) in [6.07, 6.45) is -3.48. The fourth-order valence-corrected chi connectivity index (χ4v) is 2.67. The molecule has 5 heteroatoms. The van der Waals surface area contributed by atoms with Crippen LogP contribution in [0.15, 0.2) is 60.7 Å². The molecule has 0 unspecified atom stereocenters. The quantitative estimate of drug-likeness (QED) is 0.811. The van der Waals surface area contributed by atoms with Gasteiger partial charge in [0.2, 0.25) is 0 Å². The van der Waals surface area contributed by atoms with Gasteiger partial charge in [-0.2, -0.15) is 0 Å². The normalized spacial score (nSPS) is 26.6. The zero-order chi connectivity index (χ0) is 16.8. The van der Waals surface area contributed by atoms with Crippen molar-refractivity contribution in [2.75, 3.05) is 6.61 Å². The molecule has 4 atom stereocenters. The first-order valence-corrected chi connectivity index (χ1v) is 8.03. The van der Waals surface area contributed by atoms with E-state index in [4.69, 9.17) is 14.2 Å². The van der Waals surface area contributed by atoms with Gasteiger partial charge in [-0.1, -0.05) is 60.7 Å². The van der Waals surface area contributed by atoms with Gasteiger partial charge < -0.3 is 24.4 Å². The molecule has 1 fully saturated rings. The van der Waals surface area contributed by atoms with Gasteiger partial charge in [0.1, 0.15) is 18.3 Å². The predicted molar refractivity (Wildman–Crippen MR) is 88.0 cm³/mol. The van der Waals surface area contributed by atoms with Crippen molar-refractivity contribution in [1.29, 1.82) is 0 Å². The molecule has 1 aliphatic heterocycles. The monoisotopic (exact) mass is 330 g/mol. The summed E-state index contributed by atoms with van der Waals surface area (Å²) in [6.45, 7) is 0.929. The summed E-state index contributed by atoms with van der Waals surface area (Å²) in [5.41, 5.74) is 2.02. The van der Waals surface area contributed by atoms with Crippen molar-refractivity contribution in [3.8, 4) is 0 Å². The lowest BCUT2D eigenvalue weighted by Crippen LogP contribution is -2.36. The molecule has 1 heterocycles. The molecule has 2 aromatic rings. The number of benzene rings is 2. The molecule has 5 nitrogen and oxygen atoms in total. The van der Waals surface area contributed by atoms with E-state index in [2.05, 4.69) is 0 Å². The van der Waals surface area contributed by atoms with Crippen molar-refractivity contribution in [3.63, 3.8) is 0 Å². The lowest BCUT2D eigenvalue weighted by atomic mass is 10.1. The predicted octanol–water partition coefficient (Wildman–Crippen LogP) is 1.87. The summed E-state index contributed by atoms with van der Waals surface area (Å²) < 4.78 is 16.6. The van der Waals surface area contributed by atoms with E-state index in [9.17, 15) is 10.2 Å². The number of aliphatic hydroxyl groups excluding tert-OH is 2. The Kier molecular flexibility index (Phi) is 5.96. The summed E-state index contributed by atoms with van der Waals surface area (Å²) in [5.74, 6) is 0. The van der Waals surface area contributed by atoms with Crippen LogP contribution in [0.3, 0.4) is 0 Å². The molecule has 0 radical (unpaired) electrons. The van der Waals surface area contributed by atoms with Gasteiger partial charge in [0.25, 0.3) is 0 Å². The van der Waals surface area contributed by atoms with Gasteiger partial charge in [-0.25, -0.2) is 0 Å². The van der Waals surface area contributed by atoms with Crippen LogP contribution in [0.5, 0.6) is 0 Å². The zero-order valence-electron chi connectivity index (χ0n) is 13.3. The van der Waals surface area contributed by atoms with Crippen molar-refractivity contribution in [2.24, 2.45) is 0 Å². The molecule has 0 saturated carbocycles. The maximum Gasteiger partial charge on any atom is 0.184 e. The Morgan fingerprint density at radius 2 is 1.42 bits per heavy atom. The van der Waals surface area contributed by atoms with Gasteiger partial charge in [-0.05, 0) is 11.1 Å². The molecule has 0 aliphatic carbocycles. The molecule has 24 heavy (non-hydrogen) atoms. The number of rotatable bonds is 7. The first-order chi connectivity index (χ1) is 11.7. The highest BCUT2D eigenvalue weighted by atomic mass is 16.7. The molecule has 0 bridgehead atoms. The number of hydrogen-bond acceptors (Lipinski definition) is 5. The molecular formula is C19H22O5. The minimum atomic E-state index is -1.16. The summed E-state index contributed by atoms with van der Waals surface area (Å²) in [5, 5.41) is 20.3. The maximum absolute atomic E-state index is 10.3. The third kappa shape index (κ3) is 4.41. The van der Waals surface area contributed by atoms with E-state index in [1.807, 2.05) is 60.7 Å². The number of ether oxygens (including phenoxy) is 3. The van der Waals surface area contributed by atoms with Crippen LogP contribution in [-0.4, -0.2) is 41.4 Å². The molecule has 0 spiro atoms. The van der Waals surface area contributed by atoms with Crippen LogP contribution in [0.2, 0.25) is 0 Å². The van der Waals surface area contributed by atoms with Gasteiger partial charge >= 0.3 is 0 Å². The van der Waals surface area contributed by atoms with Gasteiger partial charge in [0.05, 0.1) is 19.8 Å². The Morgan fingerprint density at radius 3 is 2.04 bits per heavy atom. The average molecular weight is 330 g/mol. The summed E-state index contributed by atoms with van der Waals surface area (Å²) in [4.78, 5) is 0. The Hall–Kier alpha value is -1.76. The molecule has 128 valence electrons. The molecule has 3 rings (SSSR count). The van der Waals surface area contributed by atoms with E-state index in [1.165, 1.54) is 0 Å². The van der Waals surface area contributed by atoms with Crippen LogP contribution in [0, 0.1) is 0 Å². The van der Waals surface area contributed by atoms with Crippen LogP contribution < -0.4 is 0 Å². The Morgan fingerprint density at radius 1 is 0.833 bits per heavy atom. The van der Waals surface area contributed by atoms with Crippen molar-refractivity contribution >= 4 is 0 Å². The number of aliphatic hydroxyl groups is 2. The topological polar surface area (TPSA) is 68.2 Å². The largest absolute Gasteiger partial charge is 0.387 e. The Labute approximate surface area is 141 Å². The van der Waals surface area contributed by atoms with E-state index in [1.54, 1.807) is 0 Å². The molecule has 1 saturated heterocycles. The lowest BCUT2D eigenvalue weighted by molar-refractivity contribution is -0.152. The number of hydrogen-bond donors (Lipinski definition) is 2. The lowest BCUT2D eigenvalue weighted by Gasteiger charge is -2.18. The minimum absolute atomic E-state index is 0.193. The second-order valence-corrected chi connectivity index (χ2v) is 5.82. The highest BCUT2D eigenvalue weighted by Gasteiger charge is 2.43. The van der Waals surface area contributed by atoms with Crippen molar-refractivity contribution in [2.45, 2.75) is 37.8 Å². The van der Waals surface area contributed by atoms with Gasteiger partial charge in [-0.15, -0.1) is 0 Å². The first kappa shape index (κ1) is 17.1. The fourth-order valence-electron chi connectivity index (χ4n) is 2.67. The van der Waals surface area contributed by atoms with Crippen LogP contribution in [0.4, 0.5) is 0 Å². The fraction of sp³-hybridized carbons (Fsp3) is 0.368. The van der Waals surface area contributed by atoms with Gasteiger partial charge in [-0.3, -0.25) is 0 Å². The first-order valence-electron chi connectivity index (χ1n) is 8.03. The second kappa shape index (κ2) is 8.37. The zero-order valence-corrected chi connectivity index (χ0v) is 13.3. The van der Waals surface area contributed by atoms with Crippen LogP contribution in [0.25, 0.3) is 0 Å². The third-order valence-electron chi connectivity index (χ3n) is 3.99. The molecule has 1 aliphatic rings. The molecule has 2 N–H and O–H groups in total. The Balaban J connectivity index is 1.46. The van der Waals surface area contributed by atoms with E-state index in [-0.39, 0.29) is 6.61 Å². The second-order valence-electron chi connectivity index (χ2n) is 5.82. The summed E-state index contributed by atoms with van der Waals surface area (Å²) in [7, 11) is 0. The van der Waals surface area contributed by atoms with E-state index in [0.29, 0.717) is 13.2 Å². The van der Waals surface area contributed by atoms with E-state index < -0.39 is 24.6 Å². The van der Waals surface area contributed by atoms with E-state index >= 15 is 0 Å². The smallest absolute Gasteiger partial charge is 0.184 e. The van der Waals surface area contributed by atoms with Crippen LogP contribution in [-0.2, 0) is 27.4 Å². The summed E-state index contributed by atoms with van der Waals surface area (Å²) >= 11 is 0. The summed E-state index contributed by atoms with van der Waals surface area (Å²) in [6, 6.07) is 19.4. The average Bonchev–Trinajstić information content (AvgIpc) is 2.89. The van der Waals surface area contributed by atoms with Crippen molar-refractivity contribution in [3.05, 3.63) is 71.8 Å². The standard InChI is InChI=1S/C19H22O5/c20-17-16(13-22-11-14-7-3-1-4-8-14)24-19(21)18(17)23-12-15-9-5-2-6-10-15/h1-10,16-21H,11-13H2/t16-,17-,18-,19+/m1/s1. The third-order valence-corrected chi connectivity index (χ3v) is 3.99. The Bertz CT molecular complexity index is 604. The SMILES string of the molecule is O[C@H]1[C@@H](OCc2ccccc2)[C@@H](O)O[C@@H]1COCc1ccccc1. The van der Waals surface area contributed by atoms with Crippen molar-refractivity contribution < 1.29 is 24.4 Å². The maximum atomic E-state index is 10.3. The molecule has 0 amide bonds. The minimum Gasteiger partial charge on any atom is -0.387 e.